The summed E-state index contributed by atoms with van der Waals surface area (Å²) < 4.78 is 7.96. The van der Waals surface area contributed by atoms with Gasteiger partial charge in [-0.2, -0.15) is 0 Å². The molecule has 6 nitrogen and oxygen atoms in total. The average Bonchev–Trinajstić information content (AvgIpc) is 2.96. The van der Waals surface area contributed by atoms with Gasteiger partial charge in [-0.15, -0.1) is 0 Å². The van der Waals surface area contributed by atoms with Gasteiger partial charge in [0, 0.05) is 12.7 Å². The largest absolute Gasteiger partial charge is 0.505 e. The molecule has 2 rings (SSSR count). The van der Waals surface area contributed by atoms with Crippen LogP contribution in [-0.2, 0) is 11.3 Å². The van der Waals surface area contributed by atoms with E-state index in [4.69, 9.17) is 4.74 Å². The van der Waals surface area contributed by atoms with Gasteiger partial charge in [-0.1, -0.05) is 26.2 Å². The van der Waals surface area contributed by atoms with Crippen molar-refractivity contribution in [1.29, 1.82) is 0 Å². The summed E-state index contributed by atoms with van der Waals surface area (Å²) in [6.45, 7) is 4.43. The van der Waals surface area contributed by atoms with Gasteiger partial charge in [0.15, 0.2) is 11.3 Å². The Morgan fingerprint density at radius 1 is 1.27 bits per heavy atom. The van der Waals surface area contributed by atoms with Crippen molar-refractivity contribution in [2.45, 2.75) is 46.1 Å². The number of aryl methyl sites for hydroxylation is 1. The molecule has 0 aromatic carbocycles. The van der Waals surface area contributed by atoms with E-state index in [-0.39, 0.29) is 17.9 Å². The molecule has 2 heterocycles. The van der Waals surface area contributed by atoms with E-state index in [0.717, 1.165) is 25.7 Å². The molecule has 0 radical (unpaired) electrons. The van der Waals surface area contributed by atoms with Crippen LogP contribution in [0.15, 0.2) is 23.1 Å². The van der Waals surface area contributed by atoms with E-state index in [1.165, 1.54) is 4.68 Å². The Balaban J connectivity index is 2.47. The molecule has 0 aliphatic heterocycles. The Hall–Kier alpha value is -2.24. The minimum absolute atomic E-state index is 0.153. The molecule has 2 aromatic heterocycles. The van der Waals surface area contributed by atoms with Crippen LogP contribution in [0.3, 0.4) is 0 Å². The third kappa shape index (κ3) is 3.00. The van der Waals surface area contributed by atoms with Gasteiger partial charge in [0.2, 0.25) is 0 Å². The summed E-state index contributed by atoms with van der Waals surface area (Å²) >= 11 is 0. The highest BCUT2D eigenvalue weighted by Crippen LogP contribution is 2.22. The SMILES string of the molecule is CCCCCCn1c(=O)c(C(=O)OCC)c(O)c2cccn21. The second-order valence-electron chi connectivity index (χ2n) is 5.17. The quantitative estimate of drug-likeness (QED) is 0.630. The van der Waals surface area contributed by atoms with Crippen LogP contribution in [0.5, 0.6) is 5.75 Å². The lowest BCUT2D eigenvalue weighted by Gasteiger charge is -2.13. The zero-order valence-electron chi connectivity index (χ0n) is 13.0. The maximum absolute atomic E-state index is 12.6. The molecule has 0 amide bonds. The van der Waals surface area contributed by atoms with Gasteiger partial charge in [0.1, 0.15) is 5.52 Å². The number of nitrogens with zero attached hydrogens (tertiary/aromatic N) is 2. The van der Waals surface area contributed by atoms with Gasteiger partial charge in [0.05, 0.1) is 6.61 Å². The van der Waals surface area contributed by atoms with Gasteiger partial charge in [-0.05, 0) is 25.5 Å². The Kier molecular flexibility index (Phi) is 5.25. The average molecular weight is 306 g/mol. The number of ether oxygens (including phenoxy) is 1. The van der Waals surface area contributed by atoms with Crippen molar-refractivity contribution in [3.8, 4) is 5.75 Å². The maximum atomic E-state index is 12.6. The summed E-state index contributed by atoms with van der Waals surface area (Å²) in [5, 5.41) is 10.2. The van der Waals surface area contributed by atoms with Crippen molar-refractivity contribution in [2.24, 2.45) is 0 Å². The van der Waals surface area contributed by atoms with Crippen molar-refractivity contribution in [1.82, 2.24) is 9.20 Å². The molecule has 0 saturated heterocycles. The topological polar surface area (TPSA) is 72.9 Å². The van der Waals surface area contributed by atoms with Crippen LogP contribution in [0.1, 0.15) is 49.9 Å². The molecule has 0 unspecified atom stereocenters. The van der Waals surface area contributed by atoms with E-state index in [0.29, 0.717) is 12.1 Å². The number of carbonyl (C=O) groups excluding carboxylic acids is 1. The van der Waals surface area contributed by atoms with Gasteiger partial charge in [0.25, 0.3) is 5.56 Å². The van der Waals surface area contributed by atoms with Gasteiger partial charge >= 0.3 is 5.97 Å². The van der Waals surface area contributed by atoms with Crippen molar-refractivity contribution in [3.05, 3.63) is 34.2 Å². The lowest BCUT2D eigenvalue weighted by atomic mass is 10.2. The van der Waals surface area contributed by atoms with E-state index in [1.807, 2.05) is 0 Å². The summed E-state index contributed by atoms with van der Waals surface area (Å²) in [5.74, 6) is -1.10. The fraction of sp³-hybridized carbons (Fsp3) is 0.500. The van der Waals surface area contributed by atoms with E-state index in [1.54, 1.807) is 29.8 Å². The maximum Gasteiger partial charge on any atom is 0.347 e. The second-order valence-corrected chi connectivity index (χ2v) is 5.17. The molecule has 0 bridgehead atoms. The highest BCUT2D eigenvalue weighted by atomic mass is 16.5. The monoisotopic (exact) mass is 306 g/mol. The lowest BCUT2D eigenvalue weighted by Crippen LogP contribution is -2.31. The van der Waals surface area contributed by atoms with E-state index in [9.17, 15) is 14.7 Å². The molecule has 0 aliphatic rings. The molecule has 0 spiro atoms. The first-order valence-corrected chi connectivity index (χ1v) is 7.72. The number of carbonyl (C=O) groups is 1. The highest BCUT2D eigenvalue weighted by Gasteiger charge is 2.23. The Morgan fingerprint density at radius 2 is 2.05 bits per heavy atom. The normalized spacial score (nSPS) is 11.0. The number of aromatic hydroxyl groups is 1. The van der Waals surface area contributed by atoms with E-state index in [2.05, 4.69) is 6.92 Å². The number of esters is 1. The summed E-state index contributed by atoms with van der Waals surface area (Å²) in [4.78, 5) is 24.5. The zero-order valence-corrected chi connectivity index (χ0v) is 13.0. The van der Waals surface area contributed by atoms with E-state index >= 15 is 0 Å². The van der Waals surface area contributed by atoms with E-state index < -0.39 is 11.5 Å². The minimum Gasteiger partial charge on any atom is -0.505 e. The van der Waals surface area contributed by atoms with Crippen LogP contribution in [0, 0.1) is 0 Å². The van der Waals surface area contributed by atoms with Crippen LogP contribution in [0.4, 0.5) is 0 Å². The minimum atomic E-state index is -0.781. The van der Waals surface area contributed by atoms with Crippen molar-refractivity contribution in [3.63, 3.8) is 0 Å². The third-order valence-corrected chi connectivity index (χ3v) is 3.62. The summed E-state index contributed by atoms with van der Waals surface area (Å²) in [6, 6.07) is 3.39. The molecule has 0 atom stereocenters. The molecule has 6 heteroatoms. The number of hydrogen-bond donors (Lipinski definition) is 1. The number of aromatic nitrogens is 2. The number of hydrogen-bond acceptors (Lipinski definition) is 4. The van der Waals surface area contributed by atoms with Crippen LogP contribution >= 0.6 is 0 Å². The Labute approximate surface area is 128 Å². The second kappa shape index (κ2) is 7.15. The standard InChI is InChI=1S/C16H22N2O4/c1-3-5-6-7-10-18-15(20)13(16(21)22-4-2)14(19)12-9-8-11-17(12)18/h8-9,11,19H,3-7,10H2,1-2H3. The first-order chi connectivity index (χ1) is 10.6. The summed E-state index contributed by atoms with van der Waals surface area (Å²) in [7, 11) is 0. The first kappa shape index (κ1) is 16.1. The molecule has 0 aliphatic carbocycles. The number of fused-ring (bicyclic) bond motifs is 1. The zero-order chi connectivity index (χ0) is 16.1. The van der Waals surface area contributed by atoms with Crippen molar-refractivity contribution < 1.29 is 14.6 Å². The molecule has 22 heavy (non-hydrogen) atoms. The predicted molar refractivity (Wildman–Crippen MR) is 83.4 cm³/mol. The van der Waals surface area contributed by atoms with Crippen LogP contribution < -0.4 is 5.56 Å². The fourth-order valence-corrected chi connectivity index (χ4v) is 2.51. The van der Waals surface area contributed by atoms with Crippen molar-refractivity contribution in [2.75, 3.05) is 6.61 Å². The highest BCUT2D eigenvalue weighted by molar-refractivity contribution is 5.94. The van der Waals surface area contributed by atoms with Crippen LogP contribution in [0.25, 0.3) is 5.52 Å². The number of unbranched alkanes of at least 4 members (excludes halogenated alkanes) is 3. The smallest absolute Gasteiger partial charge is 0.347 e. The summed E-state index contributed by atoms with van der Waals surface area (Å²) in [5.41, 5.74) is -0.377. The third-order valence-electron chi connectivity index (χ3n) is 3.62. The number of rotatable bonds is 7. The van der Waals surface area contributed by atoms with Gasteiger partial charge < -0.3 is 9.84 Å². The molecule has 2 aromatic rings. The summed E-state index contributed by atoms with van der Waals surface area (Å²) in [6.07, 6.45) is 5.77. The molecule has 0 saturated carbocycles. The van der Waals surface area contributed by atoms with Gasteiger partial charge in [-0.25, -0.2) is 9.48 Å². The Bertz CT molecular complexity index is 715. The molecular weight excluding hydrogens is 284 g/mol. The lowest BCUT2D eigenvalue weighted by molar-refractivity contribution is 0.0519. The van der Waals surface area contributed by atoms with Gasteiger partial charge in [-0.3, -0.25) is 9.31 Å². The fourth-order valence-electron chi connectivity index (χ4n) is 2.51. The van der Waals surface area contributed by atoms with Crippen LogP contribution in [-0.4, -0.2) is 26.9 Å². The molecule has 120 valence electrons. The van der Waals surface area contributed by atoms with Crippen LogP contribution in [0.2, 0.25) is 0 Å². The molecule has 0 fully saturated rings. The Morgan fingerprint density at radius 3 is 2.73 bits per heavy atom. The first-order valence-electron chi connectivity index (χ1n) is 7.72. The predicted octanol–water partition coefficient (Wildman–Crippen LogP) is 2.56. The molecular formula is C16H22N2O4. The molecule has 1 N–H and O–H groups in total. The van der Waals surface area contributed by atoms with Crippen molar-refractivity contribution >= 4 is 11.5 Å².